The molecule has 2 atom stereocenters. The van der Waals surface area contributed by atoms with E-state index in [4.69, 9.17) is 11.6 Å². The van der Waals surface area contributed by atoms with Crippen LogP contribution < -0.4 is 0 Å². The highest BCUT2D eigenvalue weighted by molar-refractivity contribution is 6.21. The lowest BCUT2D eigenvalue weighted by Crippen LogP contribution is -2.13. The smallest absolute Gasteiger partial charge is 0.141 e. The van der Waals surface area contributed by atoms with Crippen LogP contribution in [0, 0.1) is 5.82 Å². The molecule has 0 bridgehead atoms. The second kappa shape index (κ2) is 6.06. The van der Waals surface area contributed by atoms with Crippen molar-refractivity contribution in [1.82, 2.24) is 4.98 Å². The number of rotatable bonds is 5. The first-order valence-electron chi connectivity index (χ1n) is 5.44. The van der Waals surface area contributed by atoms with Gasteiger partial charge in [0.05, 0.1) is 6.20 Å². The number of alkyl halides is 1. The summed E-state index contributed by atoms with van der Waals surface area (Å²) in [6.45, 7) is 4.20. The first-order chi connectivity index (χ1) is 7.19. The van der Waals surface area contributed by atoms with E-state index in [0.29, 0.717) is 0 Å². The van der Waals surface area contributed by atoms with Crippen LogP contribution in [-0.4, -0.2) is 10.4 Å². The highest BCUT2D eigenvalue weighted by Gasteiger charge is 2.19. The summed E-state index contributed by atoms with van der Waals surface area (Å²) in [6.07, 6.45) is 4.23. The van der Waals surface area contributed by atoms with Crippen LogP contribution in [-0.2, 0) is 0 Å². The van der Waals surface area contributed by atoms with E-state index in [0.717, 1.165) is 25.0 Å². The Hall–Kier alpha value is -0.630. The summed E-state index contributed by atoms with van der Waals surface area (Å²) >= 11 is 6.29. The molecule has 0 N–H and O–H groups in total. The Morgan fingerprint density at radius 2 is 2.13 bits per heavy atom. The van der Waals surface area contributed by atoms with Crippen LogP contribution in [0.15, 0.2) is 18.3 Å². The lowest BCUT2D eigenvalue weighted by atomic mass is 9.95. The zero-order valence-electron chi connectivity index (χ0n) is 9.21. The molecule has 0 aliphatic carbocycles. The fraction of sp³-hybridized carbons (Fsp3) is 0.583. The molecule has 1 aromatic heterocycles. The molecule has 0 aliphatic rings. The van der Waals surface area contributed by atoms with Crippen molar-refractivity contribution in [2.45, 2.75) is 44.4 Å². The van der Waals surface area contributed by atoms with E-state index in [1.54, 1.807) is 6.07 Å². The maximum atomic E-state index is 12.7. The van der Waals surface area contributed by atoms with Crippen molar-refractivity contribution in [3.8, 4) is 0 Å². The van der Waals surface area contributed by atoms with Gasteiger partial charge in [0.1, 0.15) is 5.82 Å². The molecule has 0 radical (unpaired) electrons. The van der Waals surface area contributed by atoms with Gasteiger partial charge in [0.25, 0.3) is 0 Å². The average Bonchev–Trinajstić information content (AvgIpc) is 2.22. The predicted octanol–water partition coefficient (Wildman–Crippen LogP) is 4.12. The summed E-state index contributed by atoms with van der Waals surface area (Å²) in [5, 5.41) is 0.0953. The largest absolute Gasteiger partial charge is 0.258 e. The standard InChI is InChI=1S/C12H17ClFN/c1-3-5-11(13)10(4-2)12-7-6-9(14)8-15-12/h6-8,10-11H,3-5H2,1-2H3. The predicted molar refractivity (Wildman–Crippen MR) is 61.8 cm³/mol. The maximum absolute atomic E-state index is 12.7. The van der Waals surface area contributed by atoms with E-state index < -0.39 is 0 Å². The van der Waals surface area contributed by atoms with Crippen LogP contribution in [0.2, 0.25) is 0 Å². The average molecular weight is 230 g/mol. The molecule has 0 aliphatic heterocycles. The van der Waals surface area contributed by atoms with Crippen molar-refractivity contribution in [2.75, 3.05) is 0 Å². The van der Waals surface area contributed by atoms with E-state index in [1.165, 1.54) is 12.3 Å². The lowest BCUT2D eigenvalue weighted by molar-refractivity contribution is 0.559. The maximum Gasteiger partial charge on any atom is 0.141 e. The zero-order chi connectivity index (χ0) is 11.3. The molecular weight excluding hydrogens is 213 g/mol. The van der Waals surface area contributed by atoms with Crippen molar-refractivity contribution in [3.05, 3.63) is 29.8 Å². The molecule has 0 spiro atoms. The van der Waals surface area contributed by atoms with Gasteiger partial charge in [-0.2, -0.15) is 0 Å². The van der Waals surface area contributed by atoms with Gasteiger partial charge in [0.15, 0.2) is 0 Å². The zero-order valence-corrected chi connectivity index (χ0v) is 9.97. The minimum absolute atomic E-state index is 0.0953. The molecular formula is C12H17ClFN. The van der Waals surface area contributed by atoms with E-state index in [1.807, 2.05) is 0 Å². The van der Waals surface area contributed by atoms with E-state index >= 15 is 0 Å². The van der Waals surface area contributed by atoms with Crippen molar-refractivity contribution in [2.24, 2.45) is 0 Å². The van der Waals surface area contributed by atoms with Gasteiger partial charge in [-0.15, -0.1) is 11.6 Å². The normalized spacial score (nSPS) is 14.9. The number of aromatic nitrogens is 1. The topological polar surface area (TPSA) is 12.9 Å². The lowest BCUT2D eigenvalue weighted by Gasteiger charge is -2.19. The Labute approximate surface area is 95.7 Å². The Balaban J connectivity index is 2.77. The van der Waals surface area contributed by atoms with Gasteiger partial charge >= 0.3 is 0 Å². The van der Waals surface area contributed by atoms with Gasteiger partial charge in [-0.05, 0) is 25.0 Å². The molecule has 15 heavy (non-hydrogen) atoms. The summed E-state index contributed by atoms with van der Waals surface area (Å²) in [5.74, 6) is -0.0672. The minimum Gasteiger partial charge on any atom is -0.258 e. The van der Waals surface area contributed by atoms with E-state index in [9.17, 15) is 4.39 Å². The Kier molecular flexibility index (Phi) is 5.03. The molecule has 1 nitrogen and oxygen atoms in total. The van der Waals surface area contributed by atoms with Crippen molar-refractivity contribution in [3.63, 3.8) is 0 Å². The Morgan fingerprint density at radius 3 is 2.60 bits per heavy atom. The third-order valence-corrected chi connectivity index (χ3v) is 3.09. The van der Waals surface area contributed by atoms with E-state index in [2.05, 4.69) is 18.8 Å². The highest BCUT2D eigenvalue weighted by atomic mass is 35.5. The van der Waals surface area contributed by atoms with Gasteiger partial charge in [0.2, 0.25) is 0 Å². The highest BCUT2D eigenvalue weighted by Crippen LogP contribution is 2.28. The Bertz CT molecular complexity index is 286. The van der Waals surface area contributed by atoms with Crippen molar-refractivity contribution < 1.29 is 4.39 Å². The molecule has 84 valence electrons. The van der Waals surface area contributed by atoms with Crippen LogP contribution in [0.3, 0.4) is 0 Å². The number of halogens is 2. The van der Waals surface area contributed by atoms with Crippen LogP contribution in [0.1, 0.15) is 44.7 Å². The first-order valence-corrected chi connectivity index (χ1v) is 5.88. The number of pyridine rings is 1. The van der Waals surface area contributed by atoms with Gasteiger partial charge in [-0.25, -0.2) is 4.39 Å². The van der Waals surface area contributed by atoms with Gasteiger partial charge in [0, 0.05) is 17.0 Å². The summed E-state index contributed by atoms with van der Waals surface area (Å²) in [5.41, 5.74) is 0.896. The quantitative estimate of drug-likeness (QED) is 0.692. The fourth-order valence-corrected chi connectivity index (χ4v) is 2.26. The fourth-order valence-electron chi connectivity index (χ4n) is 1.73. The van der Waals surface area contributed by atoms with Crippen LogP contribution in [0.4, 0.5) is 4.39 Å². The SMILES string of the molecule is CCCC(Cl)C(CC)c1ccc(F)cn1. The third-order valence-electron chi connectivity index (χ3n) is 2.57. The van der Waals surface area contributed by atoms with Gasteiger partial charge in [-0.3, -0.25) is 4.98 Å². The van der Waals surface area contributed by atoms with Gasteiger partial charge in [-0.1, -0.05) is 20.3 Å². The molecule has 1 aromatic rings. The first kappa shape index (κ1) is 12.4. The monoisotopic (exact) mass is 229 g/mol. The molecule has 0 amide bonds. The molecule has 1 rings (SSSR count). The summed E-state index contributed by atoms with van der Waals surface area (Å²) < 4.78 is 12.7. The van der Waals surface area contributed by atoms with Crippen LogP contribution >= 0.6 is 11.6 Å². The molecule has 0 aromatic carbocycles. The molecule has 0 saturated heterocycles. The summed E-state index contributed by atoms with van der Waals surface area (Å²) in [4.78, 5) is 4.09. The number of hydrogen-bond donors (Lipinski definition) is 0. The molecule has 1 heterocycles. The van der Waals surface area contributed by atoms with Crippen LogP contribution in [0.5, 0.6) is 0 Å². The molecule has 0 saturated carbocycles. The van der Waals surface area contributed by atoms with Crippen molar-refractivity contribution in [1.29, 1.82) is 0 Å². The molecule has 3 heteroatoms. The summed E-state index contributed by atoms with van der Waals surface area (Å²) in [6, 6.07) is 3.18. The minimum atomic E-state index is -0.296. The second-order valence-corrected chi connectivity index (χ2v) is 4.28. The van der Waals surface area contributed by atoms with Crippen LogP contribution in [0.25, 0.3) is 0 Å². The molecule has 2 unspecified atom stereocenters. The summed E-state index contributed by atoms with van der Waals surface area (Å²) in [7, 11) is 0. The number of nitrogens with zero attached hydrogens (tertiary/aromatic N) is 1. The third kappa shape index (κ3) is 3.45. The molecule has 0 fully saturated rings. The van der Waals surface area contributed by atoms with Crippen molar-refractivity contribution >= 4 is 11.6 Å². The van der Waals surface area contributed by atoms with E-state index in [-0.39, 0.29) is 17.1 Å². The second-order valence-electron chi connectivity index (χ2n) is 3.72. The Morgan fingerprint density at radius 1 is 1.40 bits per heavy atom. The van der Waals surface area contributed by atoms with Gasteiger partial charge < -0.3 is 0 Å². The number of hydrogen-bond acceptors (Lipinski definition) is 1.